The minimum atomic E-state index is -0.0752. The predicted molar refractivity (Wildman–Crippen MR) is 198 cm³/mol. The van der Waals surface area contributed by atoms with Crippen LogP contribution in [0, 0.1) is 13.8 Å². The first-order chi connectivity index (χ1) is 22.8. The van der Waals surface area contributed by atoms with Crippen LogP contribution in [0.5, 0.6) is 0 Å². The van der Waals surface area contributed by atoms with Gasteiger partial charge >= 0.3 is 0 Å². The van der Waals surface area contributed by atoms with Crippen molar-refractivity contribution < 1.29 is 0 Å². The molecule has 47 heavy (non-hydrogen) atoms. The van der Waals surface area contributed by atoms with E-state index in [-0.39, 0.29) is 10.8 Å². The highest BCUT2D eigenvalue weighted by Crippen LogP contribution is 2.58. The fourth-order valence-corrected chi connectivity index (χ4v) is 9.17. The molecule has 6 aromatic rings. The zero-order chi connectivity index (χ0) is 31.9. The normalized spacial score (nSPS) is 16.1. The molecule has 0 amide bonds. The van der Waals surface area contributed by atoms with Gasteiger partial charge in [-0.15, -0.1) is 0 Å². The van der Waals surface area contributed by atoms with Crippen molar-refractivity contribution >= 4 is 17.1 Å². The second kappa shape index (κ2) is 10.3. The fourth-order valence-electron chi connectivity index (χ4n) is 9.17. The maximum atomic E-state index is 2.55. The summed E-state index contributed by atoms with van der Waals surface area (Å²) in [4.78, 5) is 2.54. The van der Waals surface area contributed by atoms with E-state index in [2.05, 4.69) is 160 Å². The van der Waals surface area contributed by atoms with Crippen LogP contribution in [0.1, 0.15) is 72.9 Å². The van der Waals surface area contributed by atoms with E-state index in [0.29, 0.717) is 0 Å². The van der Waals surface area contributed by atoms with Crippen molar-refractivity contribution in [3.8, 4) is 33.4 Å². The Balaban J connectivity index is 1.29. The molecule has 1 heteroatoms. The number of nitrogens with zero attached hydrogens (tertiary/aromatic N) is 1. The maximum absolute atomic E-state index is 2.55. The minimum absolute atomic E-state index is 0.0752. The van der Waals surface area contributed by atoms with E-state index in [9.17, 15) is 0 Å². The van der Waals surface area contributed by atoms with Gasteiger partial charge in [0, 0.05) is 27.8 Å². The molecule has 0 atom stereocenters. The zero-order valence-electron chi connectivity index (χ0n) is 27.9. The van der Waals surface area contributed by atoms with Crippen LogP contribution in [0.15, 0.2) is 127 Å². The molecule has 1 nitrogen and oxygen atoms in total. The summed E-state index contributed by atoms with van der Waals surface area (Å²) < 4.78 is 0. The van der Waals surface area contributed by atoms with Crippen LogP contribution in [0.2, 0.25) is 0 Å². The van der Waals surface area contributed by atoms with E-state index in [0.717, 1.165) is 0 Å². The van der Waals surface area contributed by atoms with Gasteiger partial charge in [0.2, 0.25) is 0 Å². The van der Waals surface area contributed by atoms with Crippen molar-refractivity contribution in [2.24, 2.45) is 0 Å². The molecular formula is C46H41N. The molecule has 3 aliphatic rings. The topological polar surface area (TPSA) is 3.24 Å². The van der Waals surface area contributed by atoms with Crippen LogP contribution < -0.4 is 4.90 Å². The Morgan fingerprint density at radius 2 is 1.02 bits per heavy atom. The van der Waals surface area contributed by atoms with Gasteiger partial charge in [0.25, 0.3) is 0 Å². The molecule has 0 radical (unpaired) electrons. The van der Waals surface area contributed by atoms with Gasteiger partial charge in [-0.05, 0) is 113 Å². The Bertz CT molecular complexity index is 2190. The van der Waals surface area contributed by atoms with E-state index < -0.39 is 0 Å². The quantitative estimate of drug-likeness (QED) is 0.193. The van der Waals surface area contributed by atoms with Crippen LogP contribution in [-0.2, 0) is 10.8 Å². The van der Waals surface area contributed by atoms with E-state index in [4.69, 9.17) is 0 Å². The molecule has 3 aliphatic carbocycles. The third kappa shape index (κ3) is 4.15. The summed E-state index contributed by atoms with van der Waals surface area (Å²) in [5.41, 5.74) is 20.1. The number of aryl methyl sites for hydroxylation is 2. The van der Waals surface area contributed by atoms with Gasteiger partial charge in [-0.1, -0.05) is 129 Å². The SMILES string of the molecule is Cc1ccc(-c2cc(C)ccc2N(c2ccc3c(c2)C(C)(C)c2ccccc2-3)c2ccc3c(c2)C2(CCCC2)c2ccccc2-3)cc1. The highest BCUT2D eigenvalue weighted by atomic mass is 15.1. The van der Waals surface area contributed by atoms with Gasteiger partial charge in [-0.25, -0.2) is 0 Å². The molecule has 0 unspecified atom stereocenters. The third-order valence-electron chi connectivity index (χ3n) is 11.5. The molecule has 0 bridgehead atoms. The van der Waals surface area contributed by atoms with Crippen LogP contribution in [-0.4, -0.2) is 0 Å². The van der Waals surface area contributed by atoms with Gasteiger partial charge in [-0.3, -0.25) is 0 Å². The number of fused-ring (bicyclic) bond motifs is 8. The Hall–Kier alpha value is -4.88. The fraction of sp³-hybridized carbons (Fsp3) is 0.217. The van der Waals surface area contributed by atoms with Crippen LogP contribution in [0.3, 0.4) is 0 Å². The molecule has 1 fully saturated rings. The van der Waals surface area contributed by atoms with Gasteiger partial charge < -0.3 is 4.90 Å². The smallest absolute Gasteiger partial charge is 0.0540 e. The van der Waals surface area contributed by atoms with E-state index >= 15 is 0 Å². The molecule has 230 valence electrons. The number of hydrogen-bond donors (Lipinski definition) is 0. The Kier molecular flexibility index (Phi) is 6.22. The summed E-state index contributed by atoms with van der Waals surface area (Å²) in [6.07, 6.45) is 5.03. The van der Waals surface area contributed by atoms with Crippen LogP contribution in [0.25, 0.3) is 33.4 Å². The first kappa shape index (κ1) is 28.4. The van der Waals surface area contributed by atoms with E-state index in [1.54, 1.807) is 0 Å². The average molecular weight is 608 g/mol. The molecule has 1 saturated carbocycles. The lowest BCUT2D eigenvalue weighted by Gasteiger charge is -2.32. The molecule has 0 aromatic heterocycles. The van der Waals surface area contributed by atoms with Crippen molar-refractivity contribution in [2.45, 2.75) is 64.2 Å². The maximum Gasteiger partial charge on any atom is 0.0540 e. The van der Waals surface area contributed by atoms with Gasteiger partial charge in [0.15, 0.2) is 0 Å². The highest BCUT2D eigenvalue weighted by Gasteiger charge is 2.45. The summed E-state index contributed by atoms with van der Waals surface area (Å²) in [6.45, 7) is 9.13. The molecule has 0 heterocycles. The van der Waals surface area contributed by atoms with Gasteiger partial charge in [0.1, 0.15) is 0 Å². The summed E-state index contributed by atoms with van der Waals surface area (Å²) >= 11 is 0. The first-order valence-corrected chi connectivity index (χ1v) is 17.3. The number of benzene rings is 6. The molecule has 0 N–H and O–H groups in total. The summed E-state index contributed by atoms with van der Waals surface area (Å²) in [5.74, 6) is 0. The second-order valence-electron chi connectivity index (χ2n) is 14.7. The number of rotatable bonds is 4. The van der Waals surface area contributed by atoms with Crippen molar-refractivity contribution in [2.75, 3.05) is 4.90 Å². The van der Waals surface area contributed by atoms with Crippen LogP contribution >= 0.6 is 0 Å². The zero-order valence-corrected chi connectivity index (χ0v) is 27.9. The van der Waals surface area contributed by atoms with Crippen molar-refractivity contribution in [3.63, 3.8) is 0 Å². The summed E-state index contributed by atoms with van der Waals surface area (Å²) in [6, 6.07) is 48.7. The van der Waals surface area contributed by atoms with Gasteiger partial charge in [0.05, 0.1) is 5.69 Å². The number of anilines is 3. The number of hydrogen-bond acceptors (Lipinski definition) is 1. The van der Waals surface area contributed by atoms with Gasteiger partial charge in [-0.2, -0.15) is 0 Å². The third-order valence-corrected chi connectivity index (χ3v) is 11.5. The van der Waals surface area contributed by atoms with Crippen LogP contribution in [0.4, 0.5) is 17.1 Å². The minimum Gasteiger partial charge on any atom is -0.310 e. The lowest BCUT2D eigenvalue weighted by atomic mass is 9.76. The van der Waals surface area contributed by atoms with E-state index in [1.165, 1.54) is 110 Å². The largest absolute Gasteiger partial charge is 0.310 e. The predicted octanol–water partition coefficient (Wildman–Crippen LogP) is 12.6. The summed E-state index contributed by atoms with van der Waals surface area (Å²) in [5, 5.41) is 0. The standard InChI is InChI=1S/C46H41N/c1-30-15-18-32(19-16-30)39-27-31(2)17-24-44(39)47(33-20-22-37-35-11-5-7-13-40(35)45(3,4)42(37)28-33)34-21-23-38-36-12-6-8-14-41(36)46(43(38)29-34)25-9-10-26-46/h5-8,11-24,27-29H,9-10,25-26H2,1-4H3. The first-order valence-electron chi connectivity index (χ1n) is 17.3. The summed E-state index contributed by atoms with van der Waals surface area (Å²) in [7, 11) is 0. The Morgan fingerprint density at radius 3 is 1.72 bits per heavy atom. The molecule has 0 aliphatic heterocycles. The van der Waals surface area contributed by atoms with Crippen molar-refractivity contribution in [1.82, 2.24) is 0 Å². The monoisotopic (exact) mass is 607 g/mol. The van der Waals surface area contributed by atoms with Crippen molar-refractivity contribution in [1.29, 1.82) is 0 Å². The lowest BCUT2D eigenvalue weighted by molar-refractivity contribution is 0.550. The van der Waals surface area contributed by atoms with E-state index in [1.807, 2.05) is 0 Å². The molecular weight excluding hydrogens is 567 g/mol. The second-order valence-corrected chi connectivity index (χ2v) is 14.7. The average Bonchev–Trinajstić information content (AvgIpc) is 3.76. The molecule has 9 rings (SSSR count). The van der Waals surface area contributed by atoms with Crippen molar-refractivity contribution in [3.05, 3.63) is 161 Å². The Morgan fingerprint density at radius 1 is 0.468 bits per heavy atom. The molecule has 1 spiro atoms. The lowest BCUT2D eigenvalue weighted by Crippen LogP contribution is -2.21. The molecule has 6 aromatic carbocycles. The molecule has 0 saturated heterocycles. The Labute approximate surface area is 279 Å². The highest BCUT2D eigenvalue weighted by molar-refractivity contribution is 5.92.